The summed E-state index contributed by atoms with van der Waals surface area (Å²) in [5, 5.41) is 0. The SMILES string of the molecule is C=CC1CCC(/C=C/C2CCC(C)C(F)C2F)CC1.O.[HH]. The van der Waals surface area contributed by atoms with Crippen molar-refractivity contribution >= 4 is 0 Å². The first kappa shape index (κ1) is 17.4. The molecule has 2 aliphatic rings. The van der Waals surface area contributed by atoms with E-state index in [0.717, 1.165) is 25.7 Å². The molecule has 0 aromatic rings. The zero-order valence-corrected chi connectivity index (χ0v) is 12.4. The van der Waals surface area contributed by atoms with E-state index in [9.17, 15) is 8.78 Å². The Bertz CT molecular complexity index is 327. The molecule has 0 aliphatic heterocycles. The van der Waals surface area contributed by atoms with Crippen LogP contribution < -0.4 is 0 Å². The lowest BCUT2D eigenvalue weighted by Gasteiger charge is -2.32. The number of halogens is 2. The van der Waals surface area contributed by atoms with Gasteiger partial charge in [-0.3, -0.25) is 0 Å². The first-order chi connectivity index (χ1) is 9.11. The fourth-order valence-electron chi connectivity index (χ4n) is 3.40. The van der Waals surface area contributed by atoms with E-state index in [1.165, 1.54) is 12.8 Å². The monoisotopic (exact) mass is 288 g/mol. The van der Waals surface area contributed by atoms with E-state index in [1.54, 1.807) is 0 Å². The van der Waals surface area contributed by atoms with Crippen molar-refractivity contribution in [3.63, 3.8) is 0 Å². The van der Waals surface area contributed by atoms with Crippen LogP contribution in [0.5, 0.6) is 0 Å². The normalized spacial score (nSPS) is 42.1. The molecule has 2 N–H and O–H groups in total. The lowest BCUT2D eigenvalue weighted by Crippen LogP contribution is -2.35. The molecule has 3 heteroatoms. The molecule has 20 heavy (non-hydrogen) atoms. The molecule has 0 amide bonds. The predicted molar refractivity (Wildman–Crippen MR) is 82.2 cm³/mol. The van der Waals surface area contributed by atoms with Gasteiger partial charge in [-0.25, -0.2) is 8.78 Å². The Hall–Kier alpha value is -0.700. The third-order valence-electron chi connectivity index (χ3n) is 4.99. The van der Waals surface area contributed by atoms with Gasteiger partial charge in [0.15, 0.2) is 0 Å². The van der Waals surface area contributed by atoms with Crippen molar-refractivity contribution in [1.29, 1.82) is 0 Å². The molecular weight excluding hydrogens is 258 g/mol. The van der Waals surface area contributed by atoms with E-state index in [4.69, 9.17) is 0 Å². The molecule has 4 atom stereocenters. The van der Waals surface area contributed by atoms with Gasteiger partial charge in [-0.15, -0.1) is 6.58 Å². The summed E-state index contributed by atoms with van der Waals surface area (Å²) in [6.07, 6.45) is 9.87. The highest BCUT2D eigenvalue weighted by Gasteiger charge is 2.36. The molecule has 2 fully saturated rings. The van der Waals surface area contributed by atoms with Crippen LogP contribution in [0.1, 0.15) is 46.9 Å². The first-order valence-electron chi connectivity index (χ1n) is 7.70. The summed E-state index contributed by atoms with van der Waals surface area (Å²) >= 11 is 0. The quantitative estimate of drug-likeness (QED) is 0.675. The average Bonchev–Trinajstić information content (AvgIpc) is 2.45. The van der Waals surface area contributed by atoms with Crippen LogP contribution in [0.4, 0.5) is 8.78 Å². The molecule has 4 unspecified atom stereocenters. The van der Waals surface area contributed by atoms with Crippen molar-refractivity contribution < 1.29 is 15.7 Å². The molecule has 2 saturated carbocycles. The Morgan fingerprint density at radius 3 is 2.10 bits per heavy atom. The van der Waals surface area contributed by atoms with Gasteiger partial charge in [0.1, 0.15) is 12.3 Å². The highest BCUT2D eigenvalue weighted by atomic mass is 19.2. The van der Waals surface area contributed by atoms with Crippen molar-refractivity contribution in [3.05, 3.63) is 24.8 Å². The molecule has 0 heterocycles. The zero-order chi connectivity index (χ0) is 13.8. The third-order valence-corrected chi connectivity index (χ3v) is 4.99. The van der Waals surface area contributed by atoms with Crippen LogP contribution in [0, 0.1) is 23.7 Å². The van der Waals surface area contributed by atoms with Crippen molar-refractivity contribution in [2.75, 3.05) is 0 Å². The van der Waals surface area contributed by atoms with E-state index in [0.29, 0.717) is 11.8 Å². The second-order valence-electron chi connectivity index (χ2n) is 6.40. The largest absolute Gasteiger partial charge is 0.412 e. The summed E-state index contributed by atoms with van der Waals surface area (Å²) in [4.78, 5) is 0. The van der Waals surface area contributed by atoms with Gasteiger partial charge in [0.25, 0.3) is 0 Å². The smallest absolute Gasteiger partial charge is 0.138 e. The first-order valence-corrected chi connectivity index (χ1v) is 7.70. The minimum Gasteiger partial charge on any atom is -0.412 e. The number of hydrogen-bond donors (Lipinski definition) is 0. The standard InChI is InChI=1S/C17H26F2.H2O.H2/c1-3-13-5-7-14(8-6-13)9-11-15-10-4-12(2)16(18)17(15)19;;/h3,9,11-17H,1,4-8,10H2,2H3;1H2;1H/b11-9+;;. The Morgan fingerprint density at radius 2 is 1.50 bits per heavy atom. The average molecular weight is 288 g/mol. The maximum Gasteiger partial charge on any atom is 0.138 e. The summed E-state index contributed by atoms with van der Waals surface area (Å²) in [5.74, 6) is 0.885. The molecule has 0 aromatic carbocycles. The van der Waals surface area contributed by atoms with Crippen LogP contribution in [0.3, 0.4) is 0 Å². The molecular formula is C17H30F2O. The van der Waals surface area contributed by atoms with Crippen molar-refractivity contribution in [1.82, 2.24) is 0 Å². The van der Waals surface area contributed by atoms with Gasteiger partial charge in [0.05, 0.1) is 0 Å². The van der Waals surface area contributed by atoms with Crippen LogP contribution in [-0.2, 0) is 0 Å². The van der Waals surface area contributed by atoms with E-state index in [-0.39, 0.29) is 18.7 Å². The van der Waals surface area contributed by atoms with Gasteiger partial charge >= 0.3 is 0 Å². The van der Waals surface area contributed by atoms with Crippen molar-refractivity contribution in [3.8, 4) is 0 Å². The van der Waals surface area contributed by atoms with Crippen LogP contribution >= 0.6 is 0 Å². The summed E-state index contributed by atoms with van der Waals surface area (Å²) in [6, 6.07) is 0. The Morgan fingerprint density at radius 1 is 0.900 bits per heavy atom. The molecule has 2 aliphatic carbocycles. The maximum atomic E-state index is 13.9. The molecule has 0 radical (unpaired) electrons. The second-order valence-corrected chi connectivity index (χ2v) is 6.40. The highest BCUT2D eigenvalue weighted by molar-refractivity contribution is 5.01. The fraction of sp³-hybridized carbons (Fsp3) is 0.765. The van der Waals surface area contributed by atoms with Crippen LogP contribution in [-0.4, -0.2) is 17.8 Å². The van der Waals surface area contributed by atoms with E-state index < -0.39 is 12.3 Å². The van der Waals surface area contributed by atoms with Gasteiger partial charge in [-0.2, -0.15) is 0 Å². The number of allylic oxidation sites excluding steroid dienone is 3. The van der Waals surface area contributed by atoms with Crippen LogP contribution in [0.25, 0.3) is 0 Å². The molecule has 0 aromatic heterocycles. The van der Waals surface area contributed by atoms with Crippen molar-refractivity contribution in [2.45, 2.75) is 57.8 Å². The van der Waals surface area contributed by atoms with E-state index in [2.05, 4.69) is 12.7 Å². The highest BCUT2D eigenvalue weighted by Crippen LogP contribution is 2.36. The summed E-state index contributed by atoms with van der Waals surface area (Å²) in [6.45, 7) is 5.66. The molecule has 0 spiro atoms. The molecule has 0 bridgehead atoms. The molecule has 2 rings (SSSR count). The van der Waals surface area contributed by atoms with Gasteiger partial charge in [-0.1, -0.05) is 25.2 Å². The molecule has 118 valence electrons. The lowest BCUT2D eigenvalue weighted by atomic mass is 9.78. The van der Waals surface area contributed by atoms with Crippen molar-refractivity contribution in [2.24, 2.45) is 23.7 Å². The Balaban J connectivity index is 0.00000200. The Kier molecular flexibility index (Phi) is 6.87. The fourth-order valence-corrected chi connectivity index (χ4v) is 3.40. The molecule has 0 saturated heterocycles. The van der Waals surface area contributed by atoms with E-state index >= 15 is 0 Å². The number of rotatable bonds is 3. The van der Waals surface area contributed by atoms with Gasteiger partial charge < -0.3 is 5.48 Å². The minimum absolute atomic E-state index is 0. The maximum absolute atomic E-state index is 13.9. The number of hydrogen-bond acceptors (Lipinski definition) is 0. The zero-order valence-electron chi connectivity index (χ0n) is 12.4. The Labute approximate surface area is 122 Å². The third kappa shape index (κ3) is 4.15. The van der Waals surface area contributed by atoms with Gasteiger partial charge in [-0.05, 0) is 56.3 Å². The van der Waals surface area contributed by atoms with Gasteiger partial charge in [0.2, 0.25) is 0 Å². The van der Waals surface area contributed by atoms with E-state index in [1.807, 2.05) is 19.1 Å². The minimum atomic E-state index is -1.30. The summed E-state index contributed by atoms with van der Waals surface area (Å²) in [7, 11) is 0. The molecule has 1 nitrogen and oxygen atoms in total. The summed E-state index contributed by atoms with van der Waals surface area (Å²) in [5.41, 5.74) is 0. The lowest BCUT2D eigenvalue weighted by molar-refractivity contribution is 0.0466. The second kappa shape index (κ2) is 7.92. The van der Waals surface area contributed by atoms with Gasteiger partial charge in [0, 0.05) is 7.34 Å². The van der Waals surface area contributed by atoms with Crippen LogP contribution in [0.15, 0.2) is 24.8 Å². The topological polar surface area (TPSA) is 31.5 Å². The van der Waals surface area contributed by atoms with Crippen LogP contribution in [0.2, 0.25) is 0 Å². The number of alkyl halides is 2. The summed E-state index contributed by atoms with van der Waals surface area (Å²) < 4.78 is 27.6. The predicted octanol–water partition coefficient (Wildman–Crippen LogP) is 4.68.